The molecule has 5 rings (SSSR count). The first-order valence-corrected chi connectivity index (χ1v) is 11.5. The molecule has 0 bridgehead atoms. The monoisotopic (exact) mass is 449 g/mol. The van der Waals surface area contributed by atoms with Crippen LogP contribution in [0.25, 0.3) is 10.9 Å². The Hall–Kier alpha value is -3.26. The first kappa shape index (κ1) is 21.6. The second-order valence-corrected chi connectivity index (χ2v) is 8.84. The highest BCUT2D eigenvalue weighted by Gasteiger charge is 2.43. The van der Waals surface area contributed by atoms with Crippen molar-refractivity contribution in [3.8, 4) is 0 Å². The van der Waals surface area contributed by atoms with Crippen LogP contribution in [-0.2, 0) is 13.0 Å². The minimum absolute atomic E-state index is 0.197. The molecular formula is C25H28FN5O2. The highest BCUT2D eigenvalue weighted by atomic mass is 19.1. The summed E-state index contributed by atoms with van der Waals surface area (Å²) >= 11 is 0. The molecule has 3 aromatic rings. The summed E-state index contributed by atoms with van der Waals surface area (Å²) in [5.41, 5.74) is 2.77. The number of amides is 1. The van der Waals surface area contributed by atoms with E-state index in [0.29, 0.717) is 47.4 Å². The molecule has 2 atom stereocenters. The predicted octanol–water partition coefficient (Wildman–Crippen LogP) is 2.84. The van der Waals surface area contributed by atoms with Gasteiger partial charge in [0.2, 0.25) is 0 Å². The Bertz CT molecular complexity index is 1260. The number of aromatic nitrogens is 2. The molecule has 1 aliphatic heterocycles. The zero-order valence-corrected chi connectivity index (χ0v) is 18.9. The minimum atomic E-state index is -0.334. The Balaban J connectivity index is 1.34. The number of carbonyl (C=O) groups is 1. The molecular weight excluding hydrogens is 421 g/mol. The largest absolute Gasteiger partial charge is 0.364 e. The number of nitrogens with zero attached hydrogens (tertiary/aromatic N) is 3. The number of nitrogens with one attached hydrogen (secondary N) is 2. The lowest BCUT2D eigenvalue weighted by Crippen LogP contribution is -2.64. The van der Waals surface area contributed by atoms with Crippen molar-refractivity contribution in [3.63, 3.8) is 0 Å². The molecule has 172 valence electrons. The Labute approximate surface area is 191 Å². The maximum atomic E-state index is 15.3. The molecule has 7 nitrogen and oxygen atoms in total. The number of pyridine rings is 2. The number of piperazine rings is 1. The second kappa shape index (κ2) is 8.59. The summed E-state index contributed by atoms with van der Waals surface area (Å²) in [4.78, 5) is 35.7. The van der Waals surface area contributed by atoms with Gasteiger partial charge in [0.1, 0.15) is 5.69 Å². The lowest BCUT2D eigenvalue weighted by Gasteiger charge is -2.54. The van der Waals surface area contributed by atoms with Crippen molar-refractivity contribution < 1.29 is 9.18 Å². The van der Waals surface area contributed by atoms with Gasteiger partial charge in [0.15, 0.2) is 5.82 Å². The highest BCUT2D eigenvalue weighted by molar-refractivity contribution is 5.92. The van der Waals surface area contributed by atoms with Crippen molar-refractivity contribution in [2.24, 2.45) is 0 Å². The molecule has 1 aliphatic carbocycles. The average molecular weight is 450 g/mol. The number of carbonyl (C=O) groups excluding carboxylic acids is 1. The van der Waals surface area contributed by atoms with Gasteiger partial charge in [0, 0.05) is 55.3 Å². The van der Waals surface area contributed by atoms with E-state index in [1.165, 1.54) is 0 Å². The quantitative estimate of drug-likeness (QED) is 0.626. The molecule has 3 heterocycles. The number of rotatable bonds is 5. The molecule has 0 radical (unpaired) electrons. The first-order chi connectivity index (χ1) is 16.0. The number of hydrogen-bond donors (Lipinski definition) is 2. The number of benzene rings is 1. The van der Waals surface area contributed by atoms with Crippen molar-refractivity contribution >= 4 is 22.5 Å². The first-order valence-electron chi connectivity index (χ1n) is 11.5. The normalized spacial score (nSPS) is 20.4. The summed E-state index contributed by atoms with van der Waals surface area (Å²) in [6.07, 6.45) is 4.52. The molecule has 2 aromatic heterocycles. The smallest absolute Gasteiger partial charge is 0.269 e. The summed E-state index contributed by atoms with van der Waals surface area (Å²) in [7, 11) is 1.59. The SMILES string of the molecule is CCc1cc2ccc(CN3CCN(c4ccc(C(=O)NC)nc4)[C@H]4CC[C@H]43)c(F)c2[nH]c1=O. The minimum Gasteiger partial charge on any atom is -0.364 e. The van der Waals surface area contributed by atoms with Crippen molar-refractivity contribution in [3.05, 3.63) is 69.5 Å². The number of H-pyrrole nitrogens is 1. The second-order valence-electron chi connectivity index (χ2n) is 8.84. The fourth-order valence-corrected chi connectivity index (χ4v) is 5.09. The summed E-state index contributed by atoms with van der Waals surface area (Å²) < 4.78 is 15.3. The summed E-state index contributed by atoms with van der Waals surface area (Å²) in [6, 6.07) is 9.92. The van der Waals surface area contributed by atoms with Gasteiger partial charge in [-0.1, -0.05) is 19.1 Å². The molecule has 33 heavy (non-hydrogen) atoms. The van der Waals surface area contributed by atoms with E-state index in [2.05, 4.69) is 25.1 Å². The van der Waals surface area contributed by atoms with Gasteiger partial charge in [-0.05, 0) is 37.5 Å². The average Bonchev–Trinajstić information content (AvgIpc) is 2.81. The third-order valence-corrected chi connectivity index (χ3v) is 7.11. The fourth-order valence-electron chi connectivity index (χ4n) is 5.09. The Morgan fingerprint density at radius 1 is 1.18 bits per heavy atom. The third-order valence-electron chi connectivity index (χ3n) is 7.11. The lowest BCUT2D eigenvalue weighted by molar-refractivity contribution is 0.0650. The van der Waals surface area contributed by atoms with Gasteiger partial charge in [-0.2, -0.15) is 0 Å². The van der Waals surface area contributed by atoms with Gasteiger partial charge in [0.05, 0.1) is 17.4 Å². The van der Waals surface area contributed by atoms with E-state index in [1.807, 2.05) is 25.1 Å². The van der Waals surface area contributed by atoms with Crippen LogP contribution in [0.2, 0.25) is 0 Å². The van der Waals surface area contributed by atoms with Gasteiger partial charge in [-0.3, -0.25) is 14.5 Å². The molecule has 0 spiro atoms. The van der Waals surface area contributed by atoms with Gasteiger partial charge in [-0.25, -0.2) is 9.37 Å². The van der Waals surface area contributed by atoms with E-state index in [1.54, 1.807) is 25.4 Å². The van der Waals surface area contributed by atoms with E-state index < -0.39 is 0 Å². The van der Waals surface area contributed by atoms with Crippen LogP contribution < -0.4 is 15.8 Å². The van der Waals surface area contributed by atoms with Crippen LogP contribution in [0.5, 0.6) is 0 Å². The van der Waals surface area contributed by atoms with Gasteiger partial charge < -0.3 is 15.2 Å². The van der Waals surface area contributed by atoms with Crippen molar-refractivity contribution in [2.45, 2.75) is 44.8 Å². The summed E-state index contributed by atoms with van der Waals surface area (Å²) in [5.74, 6) is -0.530. The van der Waals surface area contributed by atoms with Crippen LogP contribution in [0.4, 0.5) is 10.1 Å². The molecule has 1 amide bonds. The Morgan fingerprint density at radius 2 is 2.00 bits per heavy atom. The fraction of sp³-hybridized carbons (Fsp3) is 0.400. The maximum absolute atomic E-state index is 15.3. The molecule has 2 aliphatic rings. The third kappa shape index (κ3) is 3.78. The number of anilines is 1. The van der Waals surface area contributed by atoms with E-state index in [0.717, 1.165) is 37.0 Å². The molecule has 1 saturated carbocycles. The van der Waals surface area contributed by atoms with Crippen LogP contribution in [-0.4, -0.2) is 53.0 Å². The number of hydrogen-bond acceptors (Lipinski definition) is 5. The van der Waals surface area contributed by atoms with Crippen LogP contribution in [0.3, 0.4) is 0 Å². The van der Waals surface area contributed by atoms with Gasteiger partial charge in [0.25, 0.3) is 11.5 Å². The van der Waals surface area contributed by atoms with Crippen LogP contribution in [0.1, 0.15) is 41.4 Å². The number of fused-ring (bicyclic) bond motifs is 2. The number of halogens is 1. The number of aryl methyl sites for hydroxylation is 1. The molecule has 2 fully saturated rings. The Kier molecular flexibility index (Phi) is 5.62. The van der Waals surface area contributed by atoms with Crippen molar-refractivity contribution in [2.75, 3.05) is 25.0 Å². The molecule has 1 aromatic carbocycles. The van der Waals surface area contributed by atoms with E-state index in [4.69, 9.17) is 0 Å². The van der Waals surface area contributed by atoms with E-state index in [-0.39, 0.29) is 17.3 Å². The van der Waals surface area contributed by atoms with Gasteiger partial charge >= 0.3 is 0 Å². The van der Waals surface area contributed by atoms with E-state index >= 15 is 4.39 Å². The molecule has 0 unspecified atom stereocenters. The lowest BCUT2D eigenvalue weighted by atomic mass is 9.81. The molecule has 8 heteroatoms. The van der Waals surface area contributed by atoms with Crippen LogP contribution in [0, 0.1) is 5.82 Å². The highest BCUT2D eigenvalue weighted by Crippen LogP contribution is 2.37. The zero-order chi connectivity index (χ0) is 23.1. The number of aromatic amines is 1. The van der Waals surface area contributed by atoms with Crippen molar-refractivity contribution in [1.82, 2.24) is 20.2 Å². The summed E-state index contributed by atoms with van der Waals surface area (Å²) in [6.45, 7) is 4.06. The molecule has 1 saturated heterocycles. The Morgan fingerprint density at radius 3 is 2.67 bits per heavy atom. The summed E-state index contributed by atoms with van der Waals surface area (Å²) in [5, 5.41) is 3.32. The molecule has 2 N–H and O–H groups in total. The van der Waals surface area contributed by atoms with Crippen molar-refractivity contribution in [1.29, 1.82) is 0 Å². The standard InChI is InChI=1S/C25H28FN5O2/c1-3-15-12-16-4-5-17(22(26)23(16)29-24(15)32)14-30-10-11-31(21-9-8-20(21)30)18-6-7-19(28-13-18)25(33)27-2/h4-7,12-13,20-21H,3,8-11,14H2,1-2H3,(H,27,33)(H,29,32)/t20-,21+/m1/s1. The predicted molar refractivity (Wildman–Crippen MR) is 126 cm³/mol. The van der Waals surface area contributed by atoms with Crippen LogP contribution >= 0.6 is 0 Å². The zero-order valence-electron chi connectivity index (χ0n) is 18.9. The van der Waals surface area contributed by atoms with E-state index in [9.17, 15) is 9.59 Å². The van der Waals surface area contributed by atoms with Crippen LogP contribution in [0.15, 0.2) is 41.3 Å². The maximum Gasteiger partial charge on any atom is 0.269 e. The topological polar surface area (TPSA) is 81.3 Å². The van der Waals surface area contributed by atoms with Gasteiger partial charge in [-0.15, -0.1) is 0 Å².